The van der Waals surface area contributed by atoms with E-state index in [1.54, 1.807) is 6.92 Å². The lowest BCUT2D eigenvalue weighted by Crippen LogP contribution is -2.16. The van der Waals surface area contributed by atoms with Crippen LogP contribution in [0.15, 0.2) is 65.6 Å². The van der Waals surface area contributed by atoms with Gasteiger partial charge in [-0.25, -0.2) is 16.8 Å². The Balaban J connectivity index is 0.00000243. The van der Waals surface area contributed by atoms with E-state index >= 15 is 0 Å². The largest absolute Gasteiger partial charge is 0.316 e. The molecule has 0 unspecified atom stereocenters. The monoisotopic (exact) mass is 394 g/mol. The smallest absolute Gasteiger partial charge is 0.268 e. The van der Waals surface area contributed by atoms with Gasteiger partial charge in [0.25, 0.3) is 10.0 Å². The van der Waals surface area contributed by atoms with Crippen molar-refractivity contribution in [2.75, 3.05) is 7.05 Å². The van der Waals surface area contributed by atoms with Crippen molar-refractivity contribution in [2.45, 2.75) is 18.4 Å². The fourth-order valence-electron chi connectivity index (χ4n) is 2.84. The van der Waals surface area contributed by atoms with E-state index in [0.29, 0.717) is 17.9 Å². The Kier molecular flexibility index (Phi) is 6.23. The fraction of sp³-hybridized carbons (Fsp3) is 0.158. The summed E-state index contributed by atoms with van der Waals surface area (Å²) in [4.78, 5) is 0.0563. The minimum absolute atomic E-state index is 0. The Morgan fingerprint density at radius 3 is 2.23 bits per heavy atom. The lowest BCUT2D eigenvalue weighted by molar-refractivity contribution is 0.585. The molecule has 0 bridgehead atoms. The number of benzene rings is 2. The van der Waals surface area contributed by atoms with Gasteiger partial charge in [0.15, 0.2) is 0 Å². The first-order valence-electron chi connectivity index (χ1n) is 7.87. The predicted octanol–water partition coefficient (Wildman–Crippen LogP) is 3.98. The van der Waals surface area contributed by atoms with Crippen LogP contribution in [-0.4, -0.2) is 19.4 Å². The number of hydrogen-bond donors (Lipinski definition) is 1. The molecule has 1 heterocycles. The summed E-state index contributed by atoms with van der Waals surface area (Å²) in [6.07, 6.45) is 0. The van der Waals surface area contributed by atoms with E-state index in [1.165, 1.54) is 16.1 Å². The van der Waals surface area contributed by atoms with Crippen molar-refractivity contribution >= 4 is 22.4 Å². The van der Waals surface area contributed by atoms with Gasteiger partial charge in [-0.15, -0.1) is 12.4 Å². The summed E-state index contributed by atoms with van der Waals surface area (Å²) >= 11 is 0. The molecule has 0 aliphatic rings. The van der Waals surface area contributed by atoms with Gasteiger partial charge in [0.2, 0.25) is 0 Å². The molecule has 0 spiro atoms. The summed E-state index contributed by atoms with van der Waals surface area (Å²) in [6, 6.07) is 16.1. The van der Waals surface area contributed by atoms with Gasteiger partial charge in [0.05, 0.1) is 10.6 Å². The van der Waals surface area contributed by atoms with E-state index < -0.39 is 15.8 Å². The van der Waals surface area contributed by atoms with E-state index in [-0.39, 0.29) is 17.3 Å². The molecule has 138 valence electrons. The lowest BCUT2D eigenvalue weighted by atomic mass is 10.1. The molecule has 0 fully saturated rings. The van der Waals surface area contributed by atoms with Crippen molar-refractivity contribution in [3.8, 4) is 11.3 Å². The third kappa shape index (κ3) is 3.67. The van der Waals surface area contributed by atoms with Crippen LogP contribution >= 0.6 is 12.4 Å². The third-order valence-corrected chi connectivity index (χ3v) is 5.91. The number of nitrogens with zero attached hydrogens (tertiary/aromatic N) is 1. The normalized spacial score (nSPS) is 11.2. The number of rotatable bonds is 5. The van der Waals surface area contributed by atoms with Crippen molar-refractivity contribution in [2.24, 2.45) is 0 Å². The molecule has 0 aliphatic carbocycles. The van der Waals surface area contributed by atoms with Crippen molar-refractivity contribution in [3.63, 3.8) is 0 Å². The van der Waals surface area contributed by atoms with E-state index in [2.05, 4.69) is 5.32 Å². The molecule has 0 aliphatic heterocycles. The second-order valence-corrected chi connectivity index (χ2v) is 7.55. The van der Waals surface area contributed by atoms with Gasteiger partial charge in [-0.1, -0.05) is 30.3 Å². The first-order chi connectivity index (χ1) is 11.9. The maximum atomic E-state index is 13.2. The Labute approximate surface area is 159 Å². The van der Waals surface area contributed by atoms with Gasteiger partial charge >= 0.3 is 0 Å². The van der Waals surface area contributed by atoms with Gasteiger partial charge in [-0.05, 0) is 55.4 Å². The van der Waals surface area contributed by atoms with Crippen LogP contribution < -0.4 is 5.32 Å². The molecule has 0 atom stereocenters. The highest BCUT2D eigenvalue weighted by Gasteiger charge is 2.25. The summed E-state index contributed by atoms with van der Waals surface area (Å²) in [5.74, 6) is -0.470. The van der Waals surface area contributed by atoms with Crippen molar-refractivity contribution in [1.82, 2.24) is 9.29 Å². The van der Waals surface area contributed by atoms with E-state index in [4.69, 9.17) is 0 Å². The summed E-state index contributed by atoms with van der Waals surface area (Å²) in [6.45, 7) is 2.33. The van der Waals surface area contributed by atoms with Gasteiger partial charge in [0.1, 0.15) is 5.82 Å². The van der Waals surface area contributed by atoms with Crippen LogP contribution in [0, 0.1) is 12.7 Å². The molecule has 1 N–H and O–H groups in total. The maximum Gasteiger partial charge on any atom is 0.268 e. The summed E-state index contributed by atoms with van der Waals surface area (Å²) in [5.41, 5.74) is 2.93. The summed E-state index contributed by atoms with van der Waals surface area (Å²) < 4.78 is 40.9. The third-order valence-electron chi connectivity index (χ3n) is 4.09. The molecule has 3 aromatic rings. The van der Waals surface area contributed by atoms with Crippen LogP contribution in [0.2, 0.25) is 0 Å². The summed E-state index contributed by atoms with van der Waals surface area (Å²) in [5, 5.41) is 3.06. The second kappa shape index (κ2) is 8.03. The molecule has 0 radical (unpaired) electrons. The number of halogens is 2. The molecule has 0 saturated carbocycles. The van der Waals surface area contributed by atoms with Gasteiger partial charge in [-0.3, -0.25) is 0 Å². The van der Waals surface area contributed by atoms with Crippen LogP contribution in [0.4, 0.5) is 4.39 Å². The van der Waals surface area contributed by atoms with Crippen LogP contribution in [0.5, 0.6) is 0 Å². The highest BCUT2D eigenvalue weighted by Crippen LogP contribution is 2.30. The number of nitrogens with one attached hydrogen (secondary N) is 1. The first kappa shape index (κ1) is 20.2. The zero-order valence-electron chi connectivity index (χ0n) is 14.4. The van der Waals surface area contributed by atoms with Crippen LogP contribution in [0.3, 0.4) is 0 Å². The molecule has 2 aromatic carbocycles. The minimum Gasteiger partial charge on any atom is -0.316 e. The SMILES string of the molecule is CNCc1cc(-c2ccccc2)n(S(=O)(=O)c2ccc(F)cc2)c1C.Cl. The highest BCUT2D eigenvalue weighted by atomic mass is 35.5. The molecule has 0 amide bonds. The Morgan fingerprint density at radius 1 is 1.04 bits per heavy atom. The average molecular weight is 395 g/mol. The van der Waals surface area contributed by atoms with Crippen LogP contribution in [-0.2, 0) is 16.6 Å². The Bertz CT molecular complexity index is 984. The van der Waals surface area contributed by atoms with E-state index in [1.807, 2.05) is 43.4 Å². The highest BCUT2D eigenvalue weighted by molar-refractivity contribution is 7.90. The topological polar surface area (TPSA) is 51.1 Å². The summed E-state index contributed by atoms with van der Waals surface area (Å²) in [7, 11) is -2.03. The van der Waals surface area contributed by atoms with Crippen LogP contribution in [0.25, 0.3) is 11.3 Å². The zero-order chi connectivity index (χ0) is 18.0. The van der Waals surface area contributed by atoms with Gasteiger partial charge < -0.3 is 5.32 Å². The fourth-order valence-corrected chi connectivity index (χ4v) is 4.43. The van der Waals surface area contributed by atoms with Gasteiger partial charge in [-0.2, -0.15) is 0 Å². The Morgan fingerprint density at radius 2 is 1.65 bits per heavy atom. The number of hydrogen-bond acceptors (Lipinski definition) is 3. The minimum atomic E-state index is -3.84. The molecule has 26 heavy (non-hydrogen) atoms. The van der Waals surface area contributed by atoms with Crippen molar-refractivity contribution in [3.05, 3.63) is 77.7 Å². The Hall–Kier alpha value is -2.15. The van der Waals surface area contributed by atoms with Gasteiger partial charge in [0, 0.05) is 12.2 Å². The van der Waals surface area contributed by atoms with E-state index in [9.17, 15) is 12.8 Å². The maximum absolute atomic E-state index is 13.2. The van der Waals surface area contributed by atoms with E-state index in [0.717, 1.165) is 23.3 Å². The molecular formula is C19H20ClFN2O2S. The molecule has 3 rings (SSSR count). The molecule has 7 heteroatoms. The zero-order valence-corrected chi connectivity index (χ0v) is 16.1. The second-order valence-electron chi connectivity index (χ2n) is 5.76. The van der Waals surface area contributed by atoms with Crippen molar-refractivity contribution < 1.29 is 12.8 Å². The molecular weight excluding hydrogens is 375 g/mol. The first-order valence-corrected chi connectivity index (χ1v) is 9.31. The quantitative estimate of drug-likeness (QED) is 0.712. The number of aromatic nitrogens is 1. The average Bonchev–Trinajstić information content (AvgIpc) is 2.94. The lowest BCUT2D eigenvalue weighted by Gasteiger charge is -2.13. The molecule has 0 saturated heterocycles. The predicted molar refractivity (Wildman–Crippen MR) is 104 cm³/mol. The van der Waals surface area contributed by atoms with Crippen molar-refractivity contribution in [1.29, 1.82) is 0 Å². The molecule has 4 nitrogen and oxygen atoms in total. The van der Waals surface area contributed by atoms with Crippen LogP contribution in [0.1, 0.15) is 11.3 Å². The molecule has 1 aromatic heterocycles. The standard InChI is InChI=1S/C19H19FN2O2S.ClH/c1-14-16(13-21-2)12-19(15-6-4-3-5-7-15)22(14)25(23,24)18-10-8-17(20)9-11-18;/h3-12,21H,13H2,1-2H3;1H.